The van der Waals surface area contributed by atoms with Crippen molar-refractivity contribution in [3.05, 3.63) is 22.3 Å². The average molecular weight is 585 g/mol. The van der Waals surface area contributed by atoms with Gasteiger partial charge in [0.15, 0.2) is 20.7 Å². The number of oxime groups is 1. The molecule has 0 spiro atoms. The quantitative estimate of drug-likeness (QED) is 0.101. The van der Waals surface area contributed by atoms with Gasteiger partial charge in [0.2, 0.25) is 0 Å². The molecular weight excluding hydrogens is 563 g/mol. The number of nitrogen functional groups attached to an aromatic ring is 1. The van der Waals surface area contributed by atoms with Crippen LogP contribution < -0.4 is 51.0 Å². The maximum Gasteiger partial charge on any atom is 1.00 e. The third-order valence-electron chi connectivity index (χ3n) is 4.80. The van der Waals surface area contributed by atoms with Crippen molar-refractivity contribution in [2.75, 3.05) is 36.8 Å². The van der Waals surface area contributed by atoms with Crippen LogP contribution in [-0.2, 0) is 33.8 Å². The van der Waals surface area contributed by atoms with Crippen LogP contribution in [0.1, 0.15) is 12.6 Å². The number of hydrogen-bond acceptors (Lipinski definition) is 14. The van der Waals surface area contributed by atoms with E-state index in [0.29, 0.717) is 0 Å². The van der Waals surface area contributed by atoms with Gasteiger partial charge >= 0.3 is 35.7 Å². The van der Waals surface area contributed by atoms with Gasteiger partial charge in [-0.2, -0.15) is 0 Å². The van der Waals surface area contributed by atoms with Gasteiger partial charge in [-0.3, -0.25) is 14.5 Å². The fourth-order valence-corrected chi connectivity index (χ4v) is 6.58. The largest absolute Gasteiger partial charge is 1.00 e. The molecule has 3 rings (SSSR count). The second-order valence-corrected chi connectivity index (χ2v) is 11.3. The molecule has 196 valence electrons. The standard InChI is InChI=1S/C18H22N6O9S3.Na/c1-3-33-18(29)20-7-36(30,31)6-8-4-34-15-11(14(26)24(15)12(8)16(27)28)22-13(25)10(23-32-2)9-5-35-17(19)21-9;/h5,11,15H,3-4,6-7H2,1-2H3,(H2,19,21)(H,20,29)(H,22,25)(H,27,28);/q;+1/p-1/b23-10-;/t11?,15-;/m1./s1. The number of thioether (sulfide) groups is 1. The predicted molar refractivity (Wildman–Crippen MR) is 126 cm³/mol. The van der Waals surface area contributed by atoms with Gasteiger partial charge in [0, 0.05) is 11.1 Å². The number of carbonyl (C=O) groups is 4. The number of β-lactam (4-membered cyclic amide) rings is 1. The van der Waals surface area contributed by atoms with E-state index in [0.717, 1.165) is 28.0 Å². The molecule has 0 saturated carbocycles. The van der Waals surface area contributed by atoms with Crippen molar-refractivity contribution < 1.29 is 71.8 Å². The van der Waals surface area contributed by atoms with Gasteiger partial charge < -0.3 is 35.8 Å². The van der Waals surface area contributed by atoms with Crippen molar-refractivity contribution >= 4 is 67.7 Å². The molecule has 1 unspecified atom stereocenters. The molecule has 15 nitrogen and oxygen atoms in total. The Morgan fingerprint density at radius 1 is 1.38 bits per heavy atom. The molecule has 2 aliphatic heterocycles. The Bertz CT molecular complexity index is 1250. The van der Waals surface area contributed by atoms with E-state index in [1.807, 2.05) is 0 Å². The first-order valence-corrected chi connectivity index (χ1v) is 13.9. The zero-order chi connectivity index (χ0) is 26.6. The van der Waals surface area contributed by atoms with Crippen LogP contribution in [0.15, 0.2) is 21.8 Å². The fraction of sp³-hybridized carbons (Fsp3) is 0.444. The van der Waals surface area contributed by atoms with E-state index in [1.54, 1.807) is 6.92 Å². The molecule has 1 saturated heterocycles. The Morgan fingerprint density at radius 3 is 2.65 bits per heavy atom. The molecule has 3 heterocycles. The molecule has 2 aliphatic rings. The molecule has 1 aromatic heterocycles. The second-order valence-electron chi connectivity index (χ2n) is 7.22. The SMILES string of the molecule is CCOC(=O)NCS(=O)(=O)CC1=C(C(=O)[O-])N2C(=O)C(NC(=O)/C(=N\OC)c3csc(N)n3)[C@H]2SC1.[Na+]. The normalized spacial score (nSPS) is 19.2. The second kappa shape index (κ2) is 12.9. The van der Waals surface area contributed by atoms with E-state index in [2.05, 4.69) is 30.3 Å². The van der Waals surface area contributed by atoms with Gasteiger partial charge in [0.05, 0.1) is 24.0 Å². The van der Waals surface area contributed by atoms with Crippen molar-refractivity contribution in [3.8, 4) is 0 Å². The molecule has 3 amide bonds. The van der Waals surface area contributed by atoms with E-state index < -0.39 is 62.5 Å². The smallest absolute Gasteiger partial charge is 0.543 e. The number of ether oxygens (including phenoxy) is 1. The van der Waals surface area contributed by atoms with Crippen LogP contribution in [-0.4, -0.2) is 90.4 Å². The predicted octanol–water partition coefficient (Wildman–Crippen LogP) is -5.40. The number of anilines is 1. The minimum Gasteiger partial charge on any atom is -0.543 e. The monoisotopic (exact) mass is 584 g/mol. The summed E-state index contributed by atoms with van der Waals surface area (Å²) in [7, 11) is -2.79. The van der Waals surface area contributed by atoms with E-state index in [9.17, 15) is 32.7 Å². The molecule has 2 atom stereocenters. The Labute approximate surface area is 241 Å². The summed E-state index contributed by atoms with van der Waals surface area (Å²) in [5.74, 6) is -4.95. The number of carboxylic acids is 1. The summed E-state index contributed by atoms with van der Waals surface area (Å²) in [4.78, 5) is 58.3. The van der Waals surface area contributed by atoms with Gasteiger partial charge in [0.25, 0.3) is 11.8 Å². The van der Waals surface area contributed by atoms with Crippen molar-refractivity contribution in [2.45, 2.75) is 18.3 Å². The molecule has 0 bridgehead atoms. The summed E-state index contributed by atoms with van der Waals surface area (Å²) in [5, 5.41) is 20.8. The summed E-state index contributed by atoms with van der Waals surface area (Å²) in [6, 6.07) is -1.13. The van der Waals surface area contributed by atoms with Crippen molar-refractivity contribution in [1.29, 1.82) is 0 Å². The number of carboxylic acid groups (broad SMARTS) is 1. The van der Waals surface area contributed by atoms with Crippen LogP contribution in [0.4, 0.5) is 9.93 Å². The number of aliphatic carboxylic acids is 1. The van der Waals surface area contributed by atoms with Crippen molar-refractivity contribution in [3.63, 3.8) is 0 Å². The minimum atomic E-state index is -4.00. The van der Waals surface area contributed by atoms with E-state index in [-0.39, 0.29) is 64.0 Å². The molecule has 37 heavy (non-hydrogen) atoms. The zero-order valence-electron chi connectivity index (χ0n) is 19.9. The molecule has 19 heteroatoms. The fourth-order valence-electron chi connectivity index (χ4n) is 3.35. The van der Waals surface area contributed by atoms with Gasteiger partial charge in [-0.25, -0.2) is 18.2 Å². The number of hydrogen-bond donors (Lipinski definition) is 3. The summed E-state index contributed by atoms with van der Waals surface area (Å²) in [6.45, 7) is 1.58. The van der Waals surface area contributed by atoms with Gasteiger partial charge in [0.1, 0.15) is 30.1 Å². The van der Waals surface area contributed by atoms with Crippen LogP contribution in [0, 0.1) is 0 Å². The molecular formula is C18H21N6NaO9S3. The summed E-state index contributed by atoms with van der Waals surface area (Å²) in [5.41, 5.74) is 4.79. The van der Waals surface area contributed by atoms with E-state index in [4.69, 9.17) is 5.73 Å². The molecule has 0 aromatic carbocycles. The van der Waals surface area contributed by atoms with Crippen LogP contribution in [0.5, 0.6) is 0 Å². The third kappa shape index (κ3) is 7.14. The van der Waals surface area contributed by atoms with Crippen molar-refractivity contribution in [1.82, 2.24) is 20.5 Å². The number of alkyl carbamates (subject to hydrolysis) is 1. The number of fused-ring (bicyclic) bond motifs is 1. The summed E-state index contributed by atoms with van der Waals surface area (Å²) < 4.78 is 29.4. The van der Waals surface area contributed by atoms with Crippen LogP contribution >= 0.6 is 23.1 Å². The zero-order valence-corrected chi connectivity index (χ0v) is 24.3. The summed E-state index contributed by atoms with van der Waals surface area (Å²) >= 11 is 2.12. The topological polar surface area (TPSA) is 223 Å². The molecule has 1 aromatic rings. The summed E-state index contributed by atoms with van der Waals surface area (Å²) in [6.07, 6.45) is -0.943. The van der Waals surface area contributed by atoms with Crippen molar-refractivity contribution in [2.24, 2.45) is 5.16 Å². The maximum atomic E-state index is 12.8. The Kier molecular flexibility index (Phi) is 10.8. The third-order valence-corrected chi connectivity index (χ3v) is 8.18. The van der Waals surface area contributed by atoms with E-state index >= 15 is 0 Å². The van der Waals surface area contributed by atoms with Crippen LogP contribution in [0.25, 0.3) is 0 Å². The first-order valence-electron chi connectivity index (χ1n) is 10.1. The molecule has 1 fully saturated rings. The maximum absolute atomic E-state index is 12.8. The number of rotatable bonds is 10. The Morgan fingerprint density at radius 2 is 2.08 bits per heavy atom. The number of aromatic nitrogens is 1. The molecule has 0 aliphatic carbocycles. The van der Waals surface area contributed by atoms with Gasteiger partial charge in [-0.1, -0.05) is 5.16 Å². The molecule has 0 radical (unpaired) electrons. The van der Waals surface area contributed by atoms with Crippen LogP contribution in [0.2, 0.25) is 0 Å². The number of carbonyl (C=O) groups excluding carboxylic acids is 4. The number of sulfone groups is 1. The average Bonchev–Trinajstić information content (AvgIpc) is 3.24. The number of nitrogens with two attached hydrogens (primary N) is 1. The minimum absolute atomic E-state index is 0. The Hall–Kier alpha value is -2.38. The number of thiazole rings is 1. The van der Waals surface area contributed by atoms with Crippen LogP contribution in [0.3, 0.4) is 0 Å². The van der Waals surface area contributed by atoms with Gasteiger partial charge in [-0.15, -0.1) is 23.1 Å². The Balaban J connectivity index is 0.00000481. The van der Waals surface area contributed by atoms with E-state index in [1.165, 1.54) is 12.5 Å². The molecule has 4 N–H and O–H groups in total. The number of nitrogens with zero attached hydrogens (tertiary/aromatic N) is 3. The van der Waals surface area contributed by atoms with Gasteiger partial charge in [-0.05, 0) is 12.5 Å². The first kappa shape index (κ1) is 30.8. The number of amides is 3. The number of nitrogens with one attached hydrogen (secondary N) is 2. The first-order chi connectivity index (χ1) is 17.0.